The molecule has 40 heavy (non-hydrogen) atoms. The van der Waals surface area contributed by atoms with E-state index >= 15 is 0 Å². The summed E-state index contributed by atoms with van der Waals surface area (Å²) < 4.78 is 91.8. The Hall–Kier alpha value is -2.95. The van der Waals surface area contributed by atoms with E-state index in [1.165, 1.54) is 0 Å². The lowest BCUT2D eigenvalue weighted by Crippen LogP contribution is -2.31. The second-order valence-electron chi connectivity index (χ2n) is 9.21. The number of halogens is 4. The second-order valence-corrected chi connectivity index (χ2v) is 13.7. The molecule has 5 N–H and O–H groups in total. The van der Waals surface area contributed by atoms with Gasteiger partial charge >= 0.3 is 6.18 Å². The van der Waals surface area contributed by atoms with Crippen molar-refractivity contribution in [2.75, 3.05) is 0 Å². The van der Waals surface area contributed by atoms with E-state index in [2.05, 4.69) is 35.3 Å². The number of hydrogen-bond acceptors (Lipinski definition) is 6. The highest BCUT2D eigenvalue weighted by atomic mass is 79.9. The van der Waals surface area contributed by atoms with Crippen molar-refractivity contribution in [3.05, 3.63) is 93.7 Å². The number of amides is 1. The molecule has 2 heterocycles. The molecule has 1 aromatic heterocycles. The van der Waals surface area contributed by atoms with Crippen LogP contribution in [0.5, 0.6) is 0 Å². The molecule has 1 aliphatic rings. The van der Waals surface area contributed by atoms with Gasteiger partial charge in [0.1, 0.15) is 11.1 Å². The molecule has 5 rings (SSSR count). The van der Waals surface area contributed by atoms with Crippen LogP contribution in [0.25, 0.3) is 11.0 Å². The molecule has 4 aromatic rings. The summed E-state index contributed by atoms with van der Waals surface area (Å²) in [4.78, 5) is 18.7. The van der Waals surface area contributed by atoms with Crippen molar-refractivity contribution >= 4 is 53.7 Å². The standard InChI is InChI=1S/C25H22BrF3N4O5S2/c26-17-10-9-16(25(27,28)29)12-22(17)40(37,38)32-20(24-30-18-3-1-2-4-19(18)31-24)11-14-5-7-15(8-6-14)21-13-23(34)33-39(21,35)36/h1-10,12,20-21,32,35-36H,11,13H2,(H,30,31)(H,33,34)/t20-,21?/m0/s1. The average molecular weight is 660 g/mol. The number of rotatable bonds is 7. The third-order valence-electron chi connectivity index (χ3n) is 6.41. The summed E-state index contributed by atoms with van der Waals surface area (Å²) in [6.07, 6.45) is -4.78. The fourth-order valence-electron chi connectivity index (χ4n) is 4.44. The topological polar surface area (TPSA) is 144 Å². The lowest BCUT2D eigenvalue weighted by atomic mass is 10.0. The molecular formula is C25H22BrF3N4O5S2. The molecule has 0 aliphatic carbocycles. The van der Waals surface area contributed by atoms with Crippen LogP contribution in [-0.4, -0.2) is 33.4 Å². The quantitative estimate of drug-likeness (QED) is 0.169. The minimum absolute atomic E-state index is 0.0422. The van der Waals surface area contributed by atoms with Crippen LogP contribution in [0.3, 0.4) is 0 Å². The molecule has 1 amide bonds. The van der Waals surface area contributed by atoms with E-state index in [4.69, 9.17) is 0 Å². The second kappa shape index (κ2) is 10.5. The summed E-state index contributed by atoms with van der Waals surface area (Å²) in [7, 11) is -7.83. The third-order valence-corrected chi connectivity index (χ3v) is 10.6. The Kier molecular flexibility index (Phi) is 7.48. The summed E-state index contributed by atoms with van der Waals surface area (Å²) >= 11 is 3.05. The van der Waals surface area contributed by atoms with Crippen LogP contribution in [0.4, 0.5) is 13.2 Å². The number of H-pyrrole nitrogens is 1. The number of aromatic amines is 1. The van der Waals surface area contributed by atoms with Gasteiger partial charge in [0, 0.05) is 4.47 Å². The summed E-state index contributed by atoms with van der Waals surface area (Å²) in [6, 6.07) is 14.9. The molecule has 1 aliphatic heterocycles. The normalized spacial score (nSPS) is 18.9. The Morgan fingerprint density at radius 3 is 2.42 bits per heavy atom. The number of nitrogens with one attached hydrogen (secondary N) is 3. The largest absolute Gasteiger partial charge is 0.416 e. The number of imidazole rings is 1. The predicted molar refractivity (Wildman–Crippen MR) is 147 cm³/mol. The number of alkyl halides is 3. The minimum atomic E-state index is -4.74. The van der Waals surface area contributed by atoms with Gasteiger partial charge in [0.15, 0.2) is 0 Å². The monoisotopic (exact) mass is 658 g/mol. The lowest BCUT2D eigenvalue weighted by Gasteiger charge is -2.32. The van der Waals surface area contributed by atoms with Gasteiger partial charge in [0.25, 0.3) is 0 Å². The van der Waals surface area contributed by atoms with Crippen LogP contribution in [0, 0.1) is 0 Å². The van der Waals surface area contributed by atoms with Gasteiger partial charge in [-0.15, -0.1) is 10.8 Å². The first-order chi connectivity index (χ1) is 18.7. The molecule has 1 fully saturated rings. The van der Waals surface area contributed by atoms with Crippen molar-refractivity contribution < 1.29 is 35.5 Å². The van der Waals surface area contributed by atoms with Crippen LogP contribution < -0.4 is 9.44 Å². The highest BCUT2D eigenvalue weighted by Gasteiger charge is 2.38. The number of aromatic nitrogens is 2. The molecule has 1 saturated heterocycles. The number of nitrogens with zero attached hydrogens (tertiary/aromatic N) is 1. The van der Waals surface area contributed by atoms with E-state index in [9.17, 15) is 35.5 Å². The number of para-hydroxylation sites is 2. The minimum Gasteiger partial charge on any atom is -0.341 e. The van der Waals surface area contributed by atoms with E-state index in [1.807, 2.05) is 0 Å². The van der Waals surface area contributed by atoms with E-state index in [1.54, 1.807) is 48.5 Å². The number of fused-ring (bicyclic) bond motifs is 1. The predicted octanol–water partition coefficient (Wildman–Crippen LogP) is 5.83. The van der Waals surface area contributed by atoms with Crippen LogP contribution in [0.2, 0.25) is 0 Å². The summed E-state index contributed by atoms with van der Waals surface area (Å²) in [5, 5.41) is -0.822. The molecule has 2 atom stereocenters. The van der Waals surface area contributed by atoms with Crippen molar-refractivity contribution in [2.24, 2.45) is 0 Å². The molecule has 3 aromatic carbocycles. The Morgan fingerprint density at radius 2 is 1.80 bits per heavy atom. The fourth-order valence-corrected chi connectivity index (χ4v) is 8.12. The number of hydrogen-bond donors (Lipinski definition) is 5. The van der Waals surface area contributed by atoms with Gasteiger partial charge in [0.05, 0.1) is 34.0 Å². The average Bonchev–Trinajstić information content (AvgIpc) is 3.42. The van der Waals surface area contributed by atoms with E-state index in [0.29, 0.717) is 28.2 Å². The highest BCUT2D eigenvalue weighted by molar-refractivity contribution is 9.10. The highest BCUT2D eigenvalue weighted by Crippen LogP contribution is 2.56. The number of carbonyl (C=O) groups is 1. The number of benzene rings is 3. The Morgan fingerprint density at radius 1 is 1.10 bits per heavy atom. The molecule has 9 nitrogen and oxygen atoms in total. The summed E-state index contributed by atoms with van der Waals surface area (Å²) in [6.45, 7) is 0. The Balaban J connectivity index is 1.48. The number of sulfonamides is 1. The maximum absolute atomic E-state index is 13.4. The molecule has 1 unspecified atom stereocenters. The first-order valence-corrected chi connectivity index (χ1v) is 15.6. The van der Waals surface area contributed by atoms with Gasteiger partial charge in [-0.25, -0.2) is 18.1 Å². The zero-order chi connectivity index (χ0) is 28.9. The Labute approximate surface area is 236 Å². The van der Waals surface area contributed by atoms with E-state index in [0.717, 1.165) is 12.1 Å². The third kappa shape index (κ3) is 5.89. The first kappa shape index (κ1) is 28.6. The van der Waals surface area contributed by atoms with Crippen LogP contribution >= 0.6 is 26.7 Å². The molecule has 0 saturated carbocycles. The summed E-state index contributed by atoms with van der Waals surface area (Å²) in [5.74, 6) is -0.231. The zero-order valence-electron chi connectivity index (χ0n) is 20.3. The van der Waals surface area contributed by atoms with Crippen LogP contribution in [0.1, 0.15) is 40.2 Å². The smallest absolute Gasteiger partial charge is 0.341 e. The molecule has 0 spiro atoms. The summed E-state index contributed by atoms with van der Waals surface area (Å²) in [5.41, 5.74) is 1.23. The van der Waals surface area contributed by atoms with Gasteiger partial charge in [-0.2, -0.15) is 13.2 Å². The maximum Gasteiger partial charge on any atom is 0.416 e. The van der Waals surface area contributed by atoms with Gasteiger partial charge in [-0.3, -0.25) is 18.6 Å². The lowest BCUT2D eigenvalue weighted by molar-refractivity contribution is -0.137. The van der Waals surface area contributed by atoms with Gasteiger partial charge in [-0.1, -0.05) is 36.4 Å². The zero-order valence-corrected chi connectivity index (χ0v) is 23.5. The number of carbonyl (C=O) groups excluding carboxylic acids is 1. The van der Waals surface area contributed by atoms with Gasteiger partial charge < -0.3 is 4.98 Å². The maximum atomic E-state index is 13.4. The SMILES string of the molecule is O=C1CC(c2ccc(C[C@H](NS(=O)(=O)c3cc(C(F)(F)F)ccc3Br)c3nc4ccccc4[nH]3)cc2)S(O)(O)N1. The van der Waals surface area contributed by atoms with Crippen molar-refractivity contribution in [1.82, 2.24) is 19.4 Å². The fraction of sp³-hybridized carbons (Fsp3) is 0.200. The molecule has 0 bridgehead atoms. The van der Waals surface area contributed by atoms with Crippen LogP contribution in [0.15, 0.2) is 76.1 Å². The first-order valence-electron chi connectivity index (χ1n) is 11.7. The van der Waals surface area contributed by atoms with E-state index in [-0.39, 0.29) is 23.1 Å². The van der Waals surface area contributed by atoms with Crippen molar-refractivity contribution in [3.8, 4) is 0 Å². The Bertz CT molecular complexity index is 1660. The van der Waals surface area contributed by atoms with Crippen molar-refractivity contribution in [1.29, 1.82) is 0 Å². The van der Waals surface area contributed by atoms with Gasteiger partial charge in [-0.05, 0) is 63.8 Å². The van der Waals surface area contributed by atoms with Crippen molar-refractivity contribution in [2.45, 2.75) is 35.2 Å². The van der Waals surface area contributed by atoms with Crippen molar-refractivity contribution in [3.63, 3.8) is 0 Å². The molecule has 212 valence electrons. The molecular weight excluding hydrogens is 637 g/mol. The molecule has 0 radical (unpaired) electrons. The van der Waals surface area contributed by atoms with Crippen LogP contribution in [-0.2, 0) is 27.4 Å². The van der Waals surface area contributed by atoms with E-state index < -0.39 is 54.6 Å². The molecule has 15 heteroatoms. The van der Waals surface area contributed by atoms with Gasteiger partial charge in [0.2, 0.25) is 15.9 Å².